The van der Waals surface area contributed by atoms with Crippen LogP contribution < -0.4 is 16.9 Å². The minimum atomic E-state index is 0.597. The molecule has 0 unspecified atom stereocenters. The number of rotatable bonds is 8. The van der Waals surface area contributed by atoms with E-state index in [9.17, 15) is 0 Å². The van der Waals surface area contributed by atoms with Crippen molar-refractivity contribution in [2.45, 2.75) is 6.92 Å². The van der Waals surface area contributed by atoms with Crippen LogP contribution in [0.1, 0.15) is 12.5 Å². The van der Waals surface area contributed by atoms with E-state index in [2.05, 4.69) is 46.4 Å². The number of benzene rings is 1. The van der Waals surface area contributed by atoms with Gasteiger partial charge in [0.05, 0.1) is 5.70 Å². The van der Waals surface area contributed by atoms with E-state index in [0.717, 1.165) is 59.5 Å². The number of anilines is 1. The first-order valence-electron chi connectivity index (χ1n) is 11.0. The Bertz CT molecular complexity index is 1100. The van der Waals surface area contributed by atoms with E-state index in [1.54, 1.807) is 13.2 Å². The Morgan fingerprint density at radius 2 is 1.85 bits per heavy atom. The highest BCUT2D eigenvalue weighted by Crippen LogP contribution is 2.23. The van der Waals surface area contributed by atoms with E-state index in [4.69, 9.17) is 11.6 Å². The molecule has 0 saturated carbocycles. The summed E-state index contributed by atoms with van der Waals surface area (Å²) in [6.07, 6.45) is 9.65. The molecule has 3 rings (SSSR count). The third-order valence-electron chi connectivity index (χ3n) is 5.70. The fourth-order valence-corrected chi connectivity index (χ4v) is 3.67. The van der Waals surface area contributed by atoms with Gasteiger partial charge in [0.1, 0.15) is 5.82 Å². The van der Waals surface area contributed by atoms with Crippen LogP contribution in [0.3, 0.4) is 0 Å². The molecule has 0 aliphatic carbocycles. The standard InChI is InChI=1S/C26H35N7/c1-6-21(8-7-19(2)33-13-11-31(4)12-14-33)20(3)30-26-16-24-15-22(25(27)18-32(5)28)9-10-23(24)17-29-26/h6-10,15-18H,2-3,11-14,27-28H2,1,4-5H3,(H,29,30)/b8-7-,21-6+,25-18-. The summed E-state index contributed by atoms with van der Waals surface area (Å²) in [4.78, 5) is 9.18. The first kappa shape index (κ1) is 24.1. The number of piperazine rings is 1. The molecule has 1 saturated heterocycles. The summed E-state index contributed by atoms with van der Waals surface area (Å²) in [6.45, 7) is 14.5. The first-order valence-corrected chi connectivity index (χ1v) is 11.0. The number of hydrogen-bond acceptors (Lipinski definition) is 7. The molecule has 1 aliphatic heterocycles. The molecule has 1 aliphatic rings. The fourth-order valence-electron chi connectivity index (χ4n) is 3.67. The lowest BCUT2D eigenvalue weighted by atomic mass is 10.1. The molecule has 33 heavy (non-hydrogen) atoms. The summed E-state index contributed by atoms with van der Waals surface area (Å²) in [6, 6.07) is 7.97. The number of hydrazine groups is 1. The molecule has 2 aromatic rings. The zero-order valence-corrected chi connectivity index (χ0v) is 19.9. The second-order valence-electron chi connectivity index (χ2n) is 8.34. The van der Waals surface area contributed by atoms with Gasteiger partial charge in [-0.05, 0) is 48.7 Å². The highest BCUT2D eigenvalue weighted by Gasteiger charge is 2.13. The zero-order chi connectivity index (χ0) is 24.0. The molecule has 0 spiro atoms. The molecule has 1 fully saturated rings. The second-order valence-corrected chi connectivity index (χ2v) is 8.34. The van der Waals surface area contributed by atoms with Crippen LogP contribution >= 0.6 is 0 Å². The molecule has 0 bridgehead atoms. The van der Waals surface area contributed by atoms with Crippen molar-refractivity contribution in [3.63, 3.8) is 0 Å². The van der Waals surface area contributed by atoms with E-state index in [-0.39, 0.29) is 0 Å². The number of fused-ring (bicyclic) bond motifs is 1. The molecular weight excluding hydrogens is 410 g/mol. The summed E-state index contributed by atoms with van der Waals surface area (Å²) in [5.41, 5.74) is 10.4. The highest BCUT2D eigenvalue weighted by molar-refractivity contribution is 5.87. The van der Waals surface area contributed by atoms with Gasteiger partial charge in [0.2, 0.25) is 0 Å². The maximum atomic E-state index is 6.15. The Morgan fingerprint density at radius 3 is 2.52 bits per heavy atom. The molecular formula is C26H35N7. The van der Waals surface area contributed by atoms with Crippen molar-refractivity contribution in [1.82, 2.24) is 19.8 Å². The van der Waals surface area contributed by atoms with Crippen LogP contribution in [0.15, 0.2) is 85.0 Å². The van der Waals surface area contributed by atoms with Gasteiger partial charge in [-0.25, -0.2) is 10.8 Å². The number of likely N-dealkylation sites (N-methyl/N-ethyl adjacent to an activating group) is 1. The molecule has 2 heterocycles. The fraction of sp³-hybridized carbons (Fsp3) is 0.269. The van der Waals surface area contributed by atoms with Crippen LogP contribution in [0, 0.1) is 0 Å². The van der Waals surface area contributed by atoms with Crippen LogP contribution in [0.5, 0.6) is 0 Å². The van der Waals surface area contributed by atoms with Crippen molar-refractivity contribution in [2.75, 3.05) is 45.6 Å². The van der Waals surface area contributed by atoms with Gasteiger partial charge in [-0.15, -0.1) is 0 Å². The number of pyridine rings is 1. The molecule has 1 aromatic carbocycles. The van der Waals surface area contributed by atoms with Crippen molar-refractivity contribution in [3.05, 3.63) is 90.6 Å². The van der Waals surface area contributed by atoms with Crippen LogP contribution in [-0.2, 0) is 0 Å². The number of nitrogens with two attached hydrogens (primary N) is 2. The maximum absolute atomic E-state index is 6.15. The molecule has 1 aromatic heterocycles. The molecule has 7 heteroatoms. The van der Waals surface area contributed by atoms with Gasteiger partial charge in [-0.2, -0.15) is 0 Å². The predicted octanol–water partition coefficient (Wildman–Crippen LogP) is 3.49. The van der Waals surface area contributed by atoms with E-state index in [1.807, 2.05) is 49.5 Å². The van der Waals surface area contributed by atoms with Gasteiger partial charge in [-0.3, -0.25) is 0 Å². The summed E-state index contributed by atoms with van der Waals surface area (Å²) < 4.78 is 0. The number of nitrogens with zero attached hydrogens (tertiary/aromatic N) is 4. The van der Waals surface area contributed by atoms with Crippen LogP contribution in [0.4, 0.5) is 5.82 Å². The van der Waals surface area contributed by atoms with Crippen molar-refractivity contribution in [2.24, 2.45) is 11.6 Å². The van der Waals surface area contributed by atoms with Gasteiger partial charge >= 0.3 is 0 Å². The number of nitrogens with one attached hydrogen (secondary N) is 1. The molecule has 5 N–H and O–H groups in total. The molecule has 174 valence electrons. The second kappa shape index (κ2) is 10.8. The smallest absolute Gasteiger partial charge is 0.130 e. The Hall–Kier alpha value is -3.55. The van der Waals surface area contributed by atoms with E-state index in [0.29, 0.717) is 11.5 Å². The lowest BCUT2D eigenvalue weighted by Gasteiger charge is -2.34. The van der Waals surface area contributed by atoms with Gasteiger partial charge in [0, 0.05) is 62.4 Å². The van der Waals surface area contributed by atoms with Crippen LogP contribution in [0.25, 0.3) is 16.5 Å². The summed E-state index contributed by atoms with van der Waals surface area (Å²) in [7, 11) is 3.88. The Balaban J connectivity index is 1.71. The Labute approximate surface area is 197 Å². The Kier molecular flexibility index (Phi) is 7.92. The minimum Gasteiger partial charge on any atom is -0.397 e. The summed E-state index contributed by atoms with van der Waals surface area (Å²) >= 11 is 0. The van der Waals surface area contributed by atoms with E-state index < -0.39 is 0 Å². The topological polar surface area (TPSA) is 86.7 Å². The predicted molar refractivity (Wildman–Crippen MR) is 140 cm³/mol. The number of hydrogen-bond donors (Lipinski definition) is 3. The largest absolute Gasteiger partial charge is 0.397 e. The maximum Gasteiger partial charge on any atom is 0.130 e. The van der Waals surface area contributed by atoms with Gasteiger partial charge in [-0.1, -0.05) is 37.4 Å². The van der Waals surface area contributed by atoms with E-state index >= 15 is 0 Å². The van der Waals surface area contributed by atoms with Crippen molar-refractivity contribution in [3.8, 4) is 0 Å². The van der Waals surface area contributed by atoms with Crippen LogP contribution in [0.2, 0.25) is 0 Å². The Morgan fingerprint density at radius 1 is 1.12 bits per heavy atom. The lowest BCUT2D eigenvalue weighted by Crippen LogP contribution is -2.43. The monoisotopic (exact) mass is 445 g/mol. The third-order valence-corrected chi connectivity index (χ3v) is 5.70. The lowest BCUT2D eigenvalue weighted by molar-refractivity contribution is 0.190. The first-order chi connectivity index (χ1) is 15.8. The minimum absolute atomic E-state index is 0.597. The quantitative estimate of drug-likeness (QED) is 0.326. The van der Waals surface area contributed by atoms with Crippen molar-refractivity contribution < 1.29 is 0 Å². The molecule has 0 radical (unpaired) electrons. The van der Waals surface area contributed by atoms with Gasteiger partial charge in [0.15, 0.2) is 0 Å². The van der Waals surface area contributed by atoms with Crippen molar-refractivity contribution in [1.29, 1.82) is 0 Å². The van der Waals surface area contributed by atoms with Crippen LogP contribution in [-0.4, -0.2) is 60.1 Å². The van der Waals surface area contributed by atoms with Gasteiger partial charge < -0.3 is 25.9 Å². The molecule has 0 amide bonds. The highest BCUT2D eigenvalue weighted by atomic mass is 15.4. The third kappa shape index (κ3) is 6.47. The average molecular weight is 446 g/mol. The molecule has 0 atom stereocenters. The number of aromatic nitrogens is 1. The van der Waals surface area contributed by atoms with E-state index in [1.165, 1.54) is 5.01 Å². The SMILES string of the molecule is C=C(Nc1cc2cc(/C(N)=C/N(C)N)ccc2cn1)C(/C=C\C(=C)N1CCN(C)CC1)=C/C. The summed E-state index contributed by atoms with van der Waals surface area (Å²) in [5, 5.41) is 6.81. The normalized spacial score (nSPS) is 15.8. The summed E-state index contributed by atoms with van der Waals surface area (Å²) in [5.74, 6) is 6.40. The van der Waals surface area contributed by atoms with Gasteiger partial charge in [0.25, 0.3) is 0 Å². The molecule has 7 nitrogen and oxygen atoms in total. The zero-order valence-electron chi connectivity index (χ0n) is 19.9. The average Bonchev–Trinajstić information content (AvgIpc) is 2.78. The number of allylic oxidation sites excluding steroid dienone is 3. The van der Waals surface area contributed by atoms with Crippen molar-refractivity contribution >= 4 is 22.3 Å².